The zero-order valence-electron chi connectivity index (χ0n) is 9.95. The smallest absolute Gasteiger partial charge is 0.222 e. The van der Waals surface area contributed by atoms with Crippen LogP contribution in [0.2, 0.25) is 0 Å². The van der Waals surface area contributed by atoms with Crippen molar-refractivity contribution in [1.82, 2.24) is 4.90 Å². The minimum Gasteiger partial charge on any atom is -0.343 e. The first kappa shape index (κ1) is 12.2. The van der Waals surface area contributed by atoms with Gasteiger partial charge in [0.1, 0.15) is 5.78 Å². The quantitative estimate of drug-likeness (QED) is 0.716. The molecule has 0 aliphatic heterocycles. The predicted octanol–water partition coefficient (Wildman–Crippen LogP) is 2.00. The van der Waals surface area contributed by atoms with Crippen molar-refractivity contribution in [2.75, 3.05) is 7.05 Å². The Morgan fingerprint density at radius 2 is 1.73 bits per heavy atom. The van der Waals surface area contributed by atoms with Gasteiger partial charge in [-0.3, -0.25) is 9.59 Å². The molecule has 0 unspecified atom stereocenters. The lowest BCUT2D eigenvalue weighted by atomic mass is 9.83. The SMILES string of the molecule is CCC(=O)N(C)C1CCC(C(C)=O)CC1. The Labute approximate surface area is 91.8 Å². The second-order valence-electron chi connectivity index (χ2n) is 4.47. The number of hydrogen-bond donors (Lipinski definition) is 0. The van der Waals surface area contributed by atoms with E-state index in [4.69, 9.17) is 0 Å². The van der Waals surface area contributed by atoms with Gasteiger partial charge in [0, 0.05) is 25.4 Å². The van der Waals surface area contributed by atoms with E-state index in [1.54, 1.807) is 6.92 Å². The summed E-state index contributed by atoms with van der Waals surface area (Å²) in [5.41, 5.74) is 0. The van der Waals surface area contributed by atoms with E-state index in [2.05, 4.69) is 0 Å². The van der Waals surface area contributed by atoms with Crippen molar-refractivity contribution in [3.05, 3.63) is 0 Å². The predicted molar refractivity (Wildman–Crippen MR) is 59.5 cm³/mol. The molecule has 0 aromatic carbocycles. The summed E-state index contributed by atoms with van der Waals surface area (Å²) in [6.07, 6.45) is 4.42. The molecule has 0 spiro atoms. The topological polar surface area (TPSA) is 37.4 Å². The van der Waals surface area contributed by atoms with Crippen LogP contribution in [0, 0.1) is 5.92 Å². The van der Waals surface area contributed by atoms with Gasteiger partial charge < -0.3 is 4.90 Å². The summed E-state index contributed by atoms with van der Waals surface area (Å²) in [7, 11) is 1.88. The molecule has 86 valence electrons. The second-order valence-corrected chi connectivity index (χ2v) is 4.47. The van der Waals surface area contributed by atoms with E-state index in [1.807, 2.05) is 18.9 Å². The second kappa shape index (κ2) is 5.29. The van der Waals surface area contributed by atoms with E-state index in [-0.39, 0.29) is 11.8 Å². The van der Waals surface area contributed by atoms with Crippen LogP contribution in [0.3, 0.4) is 0 Å². The summed E-state index contributed by atoms with van der Waals surface area (Å²) in [5, 5.41) is 0. The number of hydrogen-bond acceptors (Lipinski definition) is 2. The summed E-state index contributed by atoms with van der Waals surface area (Å²) in [5.74, 6) is 0.755. The molecule has 3 nitrogen and oxygen atoms in total. The van der Waals surface area contributed by atoms with Gasteiger partial charge in [0.2, 0.25) is 5.91 Å². The zero-order chi connectivity index (χ0) is 11.4. The van der Waals surface area contributed by atoms with Gasteiger partial charge in [0.05, 0.1) is 0 Å². The molecular formula is C12H21NO2. The lowest BCUT2D eigenvalue weighted by molar-refractivity contribution is -0.132. The van der Waals surface area contributed by atoms with Gasteiger partial charge in [-0.05, 0) is 32.6 Å². The van der Waals surface area contributed by atoms with Gasteiger partial charge in [-0.15, -0.1) is 0 Å². The molecule has 0 saturated heterocycles. The average molecular weight is 211 g/mol. The molecule has 1 aliphatic rings. The van der Waals surface area contributed by atoms with Crippen LogP contribution in [-0.2, 0) is 9.59 Å². The van der Waals surface area contributed by atoms with Gasteiger partial charge >= 0.3 is 0 Å². The highest BCUT2D eigenvalue weighted by molar-refractivity contribution is 5.78. The maximum atomic E-state index is 11.5. The average Bonchev–Trinajstić information content (AvgIpc) is 2.27. The van der Waals surface area contributed by atoms with Crippen molar-refractivity contribution in [2.24, 2.45) is 5.92 Å². The fourth-order valence-corrected chi connectivity index (χ4v) is 2.32. The molecule has 1 amide bonds. The third-order valence-corrected chi connectivity index (χ3v) is 3.52. The number of nitrogens with zero attached hydrogens (tertiary/aromatic N) is 1. The number of carbonyl (C=O) groups excluding carboxylic acids is 2. The van der Waals surface area contributed by atoms with Gasteiger partial charge in [-0.1, -0.05) is 6.92 Å². The number of Topliss-reactive ketones (excluding diaryl/α,β-unsaturated/α-hetero) is 1. The Balaban J connectivity index is 2.43. The molecule has 1 saturated carbocycles. The molecule has 1 rings (SSSR count). The van der Waals surface area contributed by atoms with Crippen molar-refractivity contribution in [2.45, 2.75) is 52.0 Å². The minimum atomic E-state index is 0.210. The normalized spacial score (nSPS) is 26.1. The van der Waals surface area contributed by atoms with Crippen molar-refractivity contribution in [1.29, 1.82) is 0 Å². The lowest BCUT2D eigenvalue weighted by Gasteiger charge is -2.33. The number of rotatable bonds is 3. The van der Waals surface area contributed by atoms with Gasteiger partial charge in [0.15, 0.2) is 0 Å². The summed E-state index contributed by atoms with van der Waals surface area (Å²) in [4.78, 5) is 24.5. The largest absolute Gasteiger partial charge is 0.343 e. The Morgan fingerprint density at radius 1 is 1.20 bits per heavy atom. The van der Waals surface area contributed by atoms with Crippen molar-refractivity contribution in [3.8, 4) is 0 Å². The highest BCUT2D eigenvalue weighted by atomic mass is 16.2. The third kappa shape index (κ3) is 3.05. The first-order chi connectivity index (χ1) is 7.06. The third-order valence-electron chi connectivity index (χ3n) is 3.52. The van der Waals surface area contributed by atoms with E-state index in [9.17, 15) is 9.59 Å². The molecule has 1 fully saturated rings. The van der Waals surface area contributed by atoms with Crippen LogP contribution >= 0.6 is 0 Å². The van der Waals surface area contributed by atoms with Gasteiger partial charge in [-0.25, -0.2) is 0 Å². The summed E-state index contributed by atoms with van der Waals surface area (Å²) in [6, 6.07) is 0.355. The van der Waals surface area contributed by atoms with Gasteiger partial charge in [0.25, 0.3) is 0 Å². The maximum absolute atomic E-state index is 11.5. The number of ketones is 1. The Morgan fingerprint density at radius 3 is 2.13 bits per heavy atom. The first-order valence-corrected chi connectivity index (χ1v) is 5.82. The molecule has 0 radical (unpaired) electrons. The van der Waals surface area contributed by atoms with E-state index < -0.39 is 0 Å². The summed E-state index contributed by atoms with van der Waals surface area (Å²) in [6.45, 7) is 3.56. The van der Waals surface area contributed by atoms with E-state index >= 15 is 0 Å². The van der Waals surface area contributed by atoms with Crippen molar-refractivity contribution >= 4 is 11.7 Å². The van der Waals surface area contributed by atoms with Gasteiger partial charge in [-0.2, -0.15) is 0 Å². The lowest BCUT2D eigenvalue weighted by Crippen LogP contribution is -2.39. The Bertz CT molecular complexity index is 242. The summed E-state index contributed by atoms with van der Waals surface area (Å²) >= 11 is 0. The molecule has 0 atom stereocenters. The van der Waals surface area contributed by atoms with Crippen molar-refractivity contribution < 1.29 is 9.59 Å². The minimum absolute atomic E-state index is 0.210. The molecular weight excluding hydrogens is 190 g/mol. The maximum Gasteiger partial charge on any atom is 0.222 e. The first-order valence-electron chi connectivity index (χ1n) is 5.82. The molecule has 0 heterocycles. The Hall–Kier alpha value is -0.860. The van der Waals surface area contributed by atoms with Crippen LogP contribution < -0.4 is 0 Å². The molecule has 0 bridgehead atoms. The number of amides is 1. The fourth-order valence-electron chi connectivity index (χ4n) is 2.32. The van der Waals surface area contributed by atoms with E-state index in [0.717, 1.165) is 25.7 Å². The Kier molecular flexibility index (Phi) is 4.30. The van der Waals surface area contributed by atoms with Crippen LogP contribution in [0.1, 0.15) is 46.0 Å². The zero-order valence-corrected chi connectivity index (χ0v) is 9.95. The highest BCUT2D eigenvalue weighted by Gasteiger charge is 2.27. The molecule has 3 heteroatoms. The van der Waals surface area contributed by atoms with E-state index in [1.165, 1.54) is 0 Å². The standard InChI is InChI=1S/C12H21NO2/c1-4-12(15)13(3)11-7-5-10(6-8-11)9(2)14/h10-11H,4-8H2,1-3H3. The summed E-state index contributed by atoms with van der Waals surface area (Å²) < 4.78 is 0. The van der Waals surface area contributed by atoms with Crippen LogP contribution in [0.15, 0.2) is 0 Å². The fraction of sp³-hybridized carbons (Fsp3) is 0.833. The molecule has 15 heavy (non-hydrogen) atoms. The highest BCUT2D eigenvalue weighted by Crippen LogP contribution is 2.27. The van der Waals surface area contributed by atoms with E-state index in [0.29, 0.717) is 18.2 Å². The van der Waals surface area contributed by atoms with Crippen LogP contribution in [0.4, 0.5) is 0 Å². The monoisotopic (exact) mass is 211 g/mol. The van der Waals surface area contributed by atoms with Crippen LogP contribution in [-0.4, -0.2) is 29.7 Å². The molecule has 0 aromatic heterocycles. The molecule has 0 N–H and O–H groups in total. The number of carbonyl (C=O) groups is 2. The molecule has 1 aliphatic carbocycles. The van der Waals surface area contributed by atoms with Crippen molar-refractivity contribution in [3.63, 3.8) is 0 Å². The van der Waals surface area contributed by atoms with Crippen LogP contribution in [0.25, 0.3) is 0 Å². The molecule has 0 aromatic rings. The van der Waals surface area contributed by atoms with Crippen LogP contribution in [0.5, 0.6) is 0 Å².